The molecule has 32 rings (SSSR count). The summed E-state index contributed by atoms with van der Waals surface area (Å²) < 4.78 is 20.7. The number of hydrogen-bond donors (Lipinski definition) is 0. The number of hydrogen-bond acceptors (Lipinski definition) is 9. The van der Waals surface area contributed by atoms with Crippen molar-refractivity contribution < 1.29 is 13.3 Å². The van der Waals surface area contributed by atoms with Crippen molar-refractivity contribution in [3.63, 3.8) is 0 Å². The van der Waals surface area contributed by atoms with Crippen molar-refractivity contribution in [2.45, 2.75) is 45.6 Å². The molecule has 23 aromatic carbocycles. The summed E-state index contributed by atoms with van der Waals surface area (Å²) in [6.45, 7) is 0. The molecule has 0 atom stereocenters. The fourth-order valence-corrected chi connectivity index (χ4v) is 29.1. The van der Waals surface area contributed by atoms with E-state index in [0.29, 0.717) is 0 Å². The fraction of sp³-hybridized carbons (Fsp3) is 0.0213. The van der Waals surface area contributed by atoms with Crippen LogP contribution in [0.3, 0.4) is 0 Å². The Balaban J connectivity index is 0.000000104. The normalized spacial score (nSPS) is 13.5. The molecule has 0 bridgehead atoms. The average Bonchev–Trinajstić information content (AvgIpc) is 1.52. The number of fused-ring (bicyclic) bond motifs is 36. The third-order valence-electron chi connectivity index (χ3n) is 31.5. The van der Waals surface area contributed by atoms with E-state index in [-0.39, 0.29) is 0 Å². The van der Waals surface area contributed by atoms with Crippen LogP contribution in [0.25, 0.3) is 121 Å². The van der Waals surface area contributed by atoms with Crippen LogP contribution >= 0.6 is 35.3 Å². The summed E-state index contributed by atoms with van der Waals surface area (Å²) in [5.74, 6) is 0. The smallest absolute Gasteiger partial charge is 0.137 e. The van der Waals surface area contributed by atoms with Crippen molar-refractivity contribution in [3.8, 4) is 55.6 Å². The van der Waals surface area contributed by atoms with Gasteiger partial charge < -0.3 is 28.0 Å². The Kier molecular flexibility index (Phi) is 20.4. The van der Waals surface area contributed by atoms with Gasteiger partial charge >= 0.3 is 0 Å². The molecule has 3 aromatic heterocycles. The Morgan fingerprint density at radius 1 is 0.147 bits per heavy atom. The molecule has 0 amide bonds. The summed E-state index contributed by atoms with van der Waals surface area (Å²) in [6.07, 6.45) is 0. The molecular weight excluding hydrogens is 1880 g/mol. The number of anilines is 9. The van der Waals surface area contributed by atoms with E-state index in [0.717, 1.165) is 117 Å². The van der Waals surface area contributed by atoms with Crippen LogP contribution in [0.1, 0.15) is 66.8 Å². The van der Waals surface area contributed by atoms with Gasteiger partial charge in [0.25, 0.3) is 0 Å². The number of rotatable bonds is 11. The maximum absolute atomic E-state index is 6.93. The highest BCUT2D eigenvalue weighted by atomic mass is 32.2. The molecule has 0 unspecified atom stereocenters. The van der Waals surface area contributed by atoms with Crippen molar-refractivity contribution in [1.29, 1.82) is 0 Å². The van der Waals surface area contributed by atoms with Gasteiger partial charge in [-0.25, -0.2) is 0 Å². The van der Waals surface area contributed by atoms with Gasteiger partial charge in [-0.2, -0.15) is 0 Å². The molecule has 0 N–H and O–H groups in total. The van der Waals surface area contributed by atoms with Crippen molar-refractivity contribution in [2.75, 3.05) is 14.7 Å². The van der Waals surface area contributed by atoms with Crippen LogP contribution < -0.4 is 14.7 Å². The highest BCUT2D eigenvalue weighted by molar-refractivity contribution is 8.00. The molecule has 3 spiro atoms. The Morgan fingerprint density at radius 3 is 0.727 bits per heavy atom. The molecule has 150 heavy (non-hydrogen) atoms. The minimum absolute atomic E-state index is 0.430. The van der Waals surface area contributed by atoms with Crippen molar-refractivity contribution in [1.82, 2.24) is 0 Å². The third kappa shape index (κ3) is 13.2. The van der Waals surface area contributed by atoms with E-state index in [1.165, 1.54) is 152 Å². The second-order valence-electron chi connectivity index (χ2n) is 39.3. The summed E-state index contributed by atoms with van der Waals surface area (Å²) in [5.41, 5.74) is 42.0. The highest BCUT2D eigenvalue weighted by Crippen LogP contribution is 2.68. The Morgan fingerprint density at radius 2 is 0.387 bits per heavy atom. The quantitative estimate of drug-likeness (QED) is 0.126. The van der Waals surface area contributed by atoms with Gasteiger partial charge in [0.15, 0.2) is 0 Å². The largest absolute Gasteiger partial charge is 0.456 e. The summed E-state index contributed by atoms with van der Waals surface area (Å²) in [7, 11) is 0. The van der Waals surface area contributed by atoms with Crippen LogP contribution in [0.5, 0.6) is 0 Å². The topological polar surface area (TPSA) is 49.1 Å². The summed E-state index contributed by atoms with van der Waals surface area (Å²) >= 11 is 5.62. The van der Waals surface area contributed by atoms with Gasteiger partial charge in [-0.1, -0.05) is 399 Å². The number of benzene rings is 23. The van der Waals surface area contributed by atoms with Gasteiger partial charge in [-0.05, 0) is 293 Å². The number of furan rings is 3. The first-order valence-electron chi connectivity index (χ1n) is 51.2. The van der Waals surface area contributed by atoms with Crippen LogP contribution in [0.15, 0.2) is 583 Å². The van der Waals surface area contributed by atoms with Gasteiger partial charge in [-0.3, -0.25) is 0 Å². The first kappa shape index (κ1) is 87.3. The van der Waals surface area contributed by atoms with Crippen LogP contribution in [-0.2, 0) is 16.2 Å². The molecule has 0 saturated heterocycles. The lowest BCUT2D eigenvalue weighted by Crippen LogP contribution is -2.31. The van der Waals surface area contributed by atoms with Crippen molar-refractivity contribution in [2.24, 2.45) is 0 Å². The second-order valence-corrected chi connectivity index (χ2v) is 42.5. The first-order valence-corrected chi connectivity index (χ1v) is 53.7. The van der Waals surface area contributed by atoms with Gasteiger partial charge in [0.2, 0.25) is 0 Å². The Bertz CT molecular complexity index is 9760. The molecule has 6 heterocycles. The first-order chi connectivity index (χ1) is 74.4. The van der Waals surface area contributed by atoms with Gasteiger partial charge in [-0.15, -0.1) is 0 Å². The molecule has 3 aliphatic heterocycles. The van der Waals surface area contributed by atoms with E-state index < -0.39 is 16.2 Å². The molecule has 0 radical (unpaired) electrons. The lowest BCUT2D eigenvalue weighted by molar-refractivity contribution is 0.664. The summed E-state index contributed by atoms with van der Waals surface area (Å²) in [6, 6.07) is 196. The van der Waals surface area contributed by atoms with Crippen LogP contribution in [0.4, 0.5) is 51.2 Å². The molecule has 9 heteroatoms. The van der Waals surface area contributed by atoms with E-state index in [1.807, 2.05) is 35.3 Å². The zero-order valence-electron chi connectivity index (χ0n) is 81.2. The van der Waals surface area contributed by atoms with E-state index in [9.17, 15) is 0 Å². The molecule has 0 fully saturated rings. The maximum Gasteiger partial charge on any atom is 0.137 e. The maximum atomic E-state index is 6.93. The van der Waals surface area contributed by atoms with Gasteiger partial charge in [0.05, 0.1) is 55.2 Å². The predicted octanol–water partition coefficient (Wildman–Crippen LogP) is 39.0. The monoisotopic (exact) mass is 1970 g/mol. The Hall–Kier alpha value is -18.1. The van der Waals surface area contributed by atoms with Crippen molar-refractivity contribution in [3.05, 3.63) is 607 Å². The average molecular weight is 1970 g/mol. The van der Waals surface area contributed by atoms with Gasteiger partial charge in [0, 0.05) is 79.5 Å². The SMILES string of the molecule is c1ccc(-c2cccc(N(c3ccccc3)c3cccc4oc5cc6c(cc5c34)-c3ccccc3C63c4ccccc4Sc4ccccc43)c2)cc1.c1ccc(-c2ccccc2N(c2ccccc2)c2cccc3oc4cc5c(cc4c23)-c2ccccc2C52c3ccccc3Sc3ccccc32)cc1.c1ccc(N(c2ccccc2)c2cccc3oc4cc5c(cc4c23)-c2ccccc2C52c3ccccc3Sc3ccccc32)cc1. The molecule has 0 saturated carbocycles. The van der Waals surface area contributed by atoms with Crippen LogP contribution in [0.2, 0.25) is 0 Å². The molecule has 3 aliphatic carbocycles. The van der Waals surface area contributed by atoms with Crippen LogP contribution in [0, 0.1) is 0 Å². The van der Waals surface area contributed by atoms with Crippen molar-refractivity contribution >= 4 is 152 Å². The minimum Gasteiger partial charge on any atom is -0.456 e. The number of para-hydroxylation sites is 5. The van der Waals surface area contributed by atoms with E-state index in [2.05, 4.69) is 555 Å². The standard InChI is InChI=1S/2C49H31NOS.C43H27NOS/c1-3-16-32(17-4-1)34-20-8-12-25-42(34)50(33-18-5-2-6-19-33)43-26-15-27-44-48(43)37-30-36-35-21-7-9-22-38(35)49(41(36)31-45(37)51-44)39-23-10-13-28-46(39)52-47-29-14-11-24-40(47)49;1-3-15-32(16-4-1)33-17-13-20-35(29-33)50(34-18-5-2-6-19-34)43-25-14-26-44-48(43)38-30-37-36-21-7-8-22-39(36)49(42(37)31-45(38)51-44)40-23-9-11-27-46(40)52-47-28-12-10-24-41(47)49;1-3-14-28(15-4-1)44(29-16-5-2-6-17-29)37-22-13-23-38-42(37)32-26-31-30-18-7-8-19-33(30)43(36(31)27-39(32)45-38)34-20-9-11-24-40(34)46-41-25-12-10-21-35(41)43/h2*1-31H;1-27H. The summed E-state index contributed by atoms with van der Waals surface area (Å²) in [5, 5.41) is 6.67. The molecule has 6 aliphatic rings. The zero-order chi connectivity index (χ0) is 98.7. The number of nitrogens with zero attached hydrogens (tertiary/aromatic N) is 3. The predicted molar refractivity (Wildman–Crippen MR) is 620 cm³/mol. The van der Waals surface area contributed by atoms with E-state index in [1.54, 1.807) is 0 Å². The van der Waals surface area contributed by atoms with E-state index in [4.69, 9.17) is 13.3 Å². The molecule has 6 nitrogen and oxygen atoms in total. The molecule has 26 aromatic rings. The zero-order valence-corrected chi connectivity index (χ0v) is 83.6. The molecular formula is C141H89N3O3S3. The van der Waals surface area contributed by atoms with Gasteiger partial charge in [0.1, 0.15) is 33.5 Å². The Labute approximate surface area is 881 Å². The van der Waals surface area contributed by atoms with Crippen LogP contribution in [-0.4, -0.2) is 0 Å². The highest BCUT2D eigenvalue weighted by Gasteiger charge is 2.55. The van der Waals surface area contributed by atoms with E-state index >= 15 is 0 Å². The second kappa shape index (κ2) is 35.1. The fourth-order valence-electron chi connectivity index (χ4n) is 25.6. The summed E-state index contributed by atoms with van der Waals surface area (Å²) in [4.78, 5) is 14.9. The third-order valence-corrected chi connectivity index (χ3v) is 35.0. The lowest BCUT2D eigenvalue weighted by atomic mass is 9.67. The lowest BCUT2D eigenvalue weighted by Gasteiger charge is -2.39. The minimum atomic E-state index is -0.453. The molecule has 704 valence electrons.